The number of aliphatic hydroxyl groups excluding tert-OH is 2. The molecule has 0 aliphatic heterocycles. The summed E-state index contributed by atoms with van der Waals surface area (Å²) in [7, 11) is 0. The highest BCUT2D eigenvalue weighted by atomic mass is 16.5. The van der Waals surface area contributed by atoms with Crippen molar-refractivity contribution < 1.29 is 20.4 Å². The molecule has 0 aliphatic rings. The summed E-state index contributed by atoms with van der Waals surface area (Å²) in [6.07, 6.45) is 26.1. The molecule has 4 nitrogen and oxygen atoms in total. The summed E-state index contributed by atoms with van der Waals surface area (Å²) < 4.78 is 0. The molecular weight excluding hydrogens is 388 g/mol. The van der Waals surface area contributed by atoms with Crippen LogP contribution in [0.15, 0.2) is 0 Å². The Balaban J connectivity index is 0. The van der Waals surface area contributed by atoms with E-state index in [1.54, 1.807) is 0 Å². The minimum Gasteiger partial charge on any atom is -0.368 e. The summed E-state index contributed by atoms with van der Waals surface area (Å²) in [6.45, 7) is 4.50. The molecule has 0 spiro atoms. The van der Waals surface area contributed by atoms with Gasteiger partial charge in [0.2, 0.25) is 0 Å². The van der Waals surface area contributed by atoms with Gasteiger partial charge in [0, 0.05) is 0 Å². The maximum absolute atomic E-state index is 8.65. The average Bonchev–Trinajstić information content (AvgIpc) is 2.73. The summed E-state index contributed by atoms with van der Waals surface area (Å²) in [5, 5.41) is 34.6. The highest BCUT2D eigenvalue weighted by Crippen LogP contribution is 2.13. The molecular formula is C27H58O4. The summed E-state index contributed by atoms with van der Waals surface area (Å²) in [4.78, 5) is 0. The second kappa shape index (κ2) is 29.8. The van der Waals surface area contributed by atoms with Crippen LogP contribution in [0.1, 0.15) is 162 Å². The van der Waals surface area contributed by atoms with Crippen LogP contribution < -0.4 is 0 Å². The molecule has 0 amide bonds. The van der Waals surface area contributed by atoms with Crippen molar-refractivity contribution in [3.8, 4) is 0 Å². The summed E-state index contributed by atoms with van der Waals surface area (Å²) >= 11 is 0. The van der Waals surface area contributed by atoms with E-state index < -0.39 is 12.6 Å². The lowest BCUT2D eigenvalue weighted by Gasteiger charge is -2.03. The third kappa shape index (κ3) is 37.5. The van der Waals surface area contributed by atoms with E-state index >= 15 is 0 Å². The molecule has 0 aromatic heterocycles. The molecule has 0 saturated carbocycles. The zero-order valence-electron chi connectivity index (χ0n) is 21.2. The molecule has 4 heteroatoms. The lowest BCUT2D eigenvalue weighted by molar-refractivity contribution is -0.0472. The smallest absolute Gasteiger partial charge is 0.151 e. The Morgan fingerprint density at radius 3 is 0.710 bits per heavy atom. The van der Waals surface area contributed by atoms with E-state index in [0.29, 0.717) is 12.8 Å². The van der Waals surface area contributed by atoms with Crippen molar-refractivity contribution in [2.24, 2.45) is 0 Å². The van der Waals surface area contributed by atoms with Crippen molar-refractivity contribution in [1.82, 2.24) is 0 Å². The standard InChI is InChI=1S/C14H30O2.C13H28O2/c1-2-3-4-5-6-7-8-9-10-11-12-13-14(15)16;1-2-3-4-5-6-7-8-9-10-11-12-13(14)15/h14-16H,2-13H2,1H3;13-15H,2-12H2,1H3. The molecule has 4 N–H and O–H groups in total. The summed E-state index contributed by atoms with van der Waals surface area (Å²) in [5.41, 5.74) is 0. The second-order valence-corrected chi connectivity index (χ2v) is 9.26. The SMILES string of the molecule is CCCCCCCCCCCCC(O)O.CCCCCCCCCCCCCC(O)O. The molecule has 0 aromatic rings. The van der Waals surface area contributed by atoms with Gasteiger partial charge >= 0.3 is 0 Å². The molecule has 0 aromatic carbocycles. The molecule has 0 atom stereocenters. The molecule has 0 saturated heterocycles. The van der Waals surface area contributed by atoms with Gasteiger partial charge in [0.1, 0.15) is 0 Å². The van der Waals surface area contributed by atoms with Crippen LogP contribution in [0.5, 0.6) is 0 Å². The lowest BCUT2D eigenvalue weighted by atomic mass is 10.1. The summed E-state index contributed by atoms with van der Waals surface area (Å²) in [6, 6.07) is 0. The third-order valence-corrected chi connectivity index (χ3v) is 5.88. The van der Waals surface area contributed by atoms with Crippen LogP contribution in [0.25, 0.3) is 0 Å². The molecule has 0 aliphatic carbocycles. The number of hydrogen-bond donors (Lipinski definition) is 4. The first-order valence-electron chi connectivity index (χ1n) is 13.8. The van der Waals surface area contributed by atoms with E-state index in [1.165, 1.54) is 109 Å². The molecule has 0 rings (SSSR count). The fourth-order valence-electron chi connectivity index (χ4n) is 3.81. The largest absolute Gasteiger partial charge is 0.368 e. The van der Waals surface area contributed by atoms with Gasteiger partial charge in [0.05, 0.1) is 0 Å². The molecule has 190 valence electrons. The maximum Gasteiger partial charge on any atom is 0.151 e. The highest BCUT2D eigenvalue weighted by Gasteiger charge is 1.98. The number of aliphatic hydroxyl groups is 4. The van der Waals surface area contributed by atoms with Gasteiger partial charge in [-0.25, -0.2) is 0 Å². The van der Waals surface area contributed by atoms with Gasteiger partial charge < -0.3 is 20.4 Å². The van der Waals surface area contributed by atoms with Crippen LogP contribution in [-0.2, 0) is 0 Å². The molecule has 0 radical (unpaired) electrons. The van der Waals surface area contributed by atoms with E-state index in [4.69, 9.17) is 20.4 Å². The average molecular weight is 447 g/mol. The van der Waals surface area contributed by atoms with Crippen LogP contribution in [0, 0.1) is 0 Å². The zero-order valence-corrected chi connectivity index (χ0v) is 21.2. The first-order valence-corrected chi connectivity index (χ1v) is 13.8. The molecule has 0 heterocycles. The predicted molar refractivity (Wildman–Crippen MR) is 134 cm³/mol. The third-order valence-electron chi connectivity index (χ3n) is 5.88. The van der Waals surface area contributed by atoms with Crippen LogP contribution >= 0.6 is 0 Å². The Morgan fingerprint density at radius 2 is 0.516 bits per heavy atom. The maximum atomic E-state index is 8.65. The lowest BCUT2D eigenvalue weighted by Crippen LogP contribution is -2.02. The fraction of sp³-hybridized carbons (Fsp3) is 1.00. The Bertz CT molecular complexity index is 295. The van der Waals surface area contributed by atoms with E-state index in [2.05, 4.69) is 13.8 Å². The van der Waals surface area contributed by atoms with Gasteiger partial charge in [0.15, 0.2) is 12.6 Å². The van der Waals surface area contributed by atoms with Crippen molar-refractivity contribution in [2.45, 2.75) is 174 Å². The Labute approximate surface area is 194 Å². The van der Waals surface area contributed by atoms with Gasteiger partial charge in [-0.3, -0.25) is 0 Å². The van der Waals surface area contributed by atoms with Gasteiger partial charge in [0.25, 0.3) is 0 Å². The van der Waals surface area contributed by atoms with Gasteiger partial charge in [-0.15, -0.1) is 0 Å². The van der Waals surface area contributed by atoms with Crippen molar-refractivity contribution in [3.63, 3.8) is 0 Å². The Morgan fingerprint density at radius 1 is 0.323 bits per heavy atom. The fourth-order valence-corrected chi connectivity index (χ4v) is 3.81. The Hall–Kier alpha value is -0.160. The normalized spacial score (nSPS) is 11.2. The van der Waals surface area contributed by atoms with E-state index in [0.717, 1.165) is 25.7 Å². The zero-order chi connectivity index (χ0) is 23.4. The Kier molecular flexibility index (Phi) is 31.8. The number of rotatable bonds is 23. The van der Waals surface area contributed by atoms with E-state index in [-0.39, 0.29) is 0 Å². The minimum atomic E-state index is -1.10. The molecule has 0 fully saturated rings. The van der Waals surface area contributed by atoms with Crippen LogP contribution in [-0.4, -0.2) is 33.0 Å². The summed E-state index contributed by atoms with van der Waals surface area (Å²) in [5.74, 6) is 0. The molecule has 0 bridgehead atoms. The van der Waals surface area contributed by atoms with E-state index in [1.807, 2.05) is 0 Å². The minimum absolute atomic E-state index is 0.538. The van der Waals surface area contributed by atoms with Crippen molar-refractivity contribution in [1.29, 1.82) is 0 Å². The quantitative estimate of drug-likeness (QED) is 0.0961. The first kappa shape index (κ1) is 33.0. The molecule has 0 unspecified atom stereocenters. The van der Waals surface area contributed by atoms with Crippen molar-refractivity contribution in [2.75, 3.05) is 0 Å². The predicted octanol–water partition coefficient (Wildman–Crippen LogP) is 7.61. The number of unbranched alkanes of at least 4 members (excludes halogenated alkanes) is 19. The van der Waals surface area contributed by atoms with Gasteiger partial charge in [-0.05, 0) is 25.7 Å². The van der Waals surface area contributed by atoms with Crippen LogP contribution in [0.2, 0.25) is 0 Å². The van der Waals surface area contributed by atoms with Crippen molar-refractivity contribution >= 4 is 0 Å². The monoisotopic (exact) mass is 446 g/mol. The highest BCUT2D eigenvalue weighted by molar-refractivity contribution is 4.49. The van der Waals surface area contributed by atoms with Crippen LogP contribution in [0.4, 0.5) is 0 Å². The van der Waals surface area contributed by atoms with Crippen LogP contribution in [0.3, 0.4) is 0 Å². The second-order valence-electron chi connectivity index (χ2n) is 9.26. The van der Waals surface area contributed by atoms with Gasteiger partial charge in [-0.1, -0.05) is 136 Å². The van der Waals surface area contributed by atoms with Gasteiger partial charge in [-0.2, -0.15) is 0 Å². The van der Waals surface area contributed by atoms with Crippen molar-refractivity contribution in [3.05, 3.63) is 0 Å². The first-order chi connectivity index (χ1) is 15.0. The van der Waals surface area contributed by atoms with E-state index in [9.17, 15) is 0 Å². The topological polar surface area (TPSA) is 80.9 Å². The number of hydrogen-bond acceptors (Lipinski definition) is 4. The molecule has 31 heavy (non-hydrogen) atoms.